The second kappa shape index (κ2) is 12.6. The van der Waals surface area contributed by atoms with E-state index in [-0.39, 0.29) is 11.7 Å². The molecule has 4 aromatic carbocycles. The molecule has 0 saturated carbocycles. The number of para-hydroxylation sites is 1. The topological polar surface area (TPSA) is 99.9 Å². The number of hydrazone groups is 1. The third-order valence-electron chi connectivity index (χ3n) is 6.42. The van der Waals surface area contributed by atoms with E-state index in [0.717, 1.165) is 22.0 Å². The lowest BCUT2D eigenvalue weighted by molar-refractivity contribution is -0.118. The fourth-order valence-electron chi connectivity index (χ4n) is 4.36. The molecule has 0 saturated heterocycles. The molecule has 1 amide bonds. The summed E-state index contributed by atoms with van der Waals surface area (Å²) in [6.45, 7) is 1.87. The van der Waals surface area contributed by atoms with Crippen molar-refractivity contribution >= 4 is 34.2 Å². The number of amides is 1. The van der Waals surface area contributed by atoms with E-state index in [9.17, 15) is 4.79 Å². The molecule has 0 aliphatic rings. The summed E-state index contributed by atoms with van der Waals surface area (Å²) in [5.41, 5.74) is 5.87. The van der Waals surface area contributed by atoms with E-state index < -0.39 is 0 Å². The maximum atomic E-state index is 12.8. The SMILES string of the molecule is COc1cc(-c2nnc(SCC(=O)NN=C(C)c3ccc4ccccc4c3)n2-c2ccccc2)cc(OC)c1OC. The maximum absolute atomic E-state index is 12.8. The molecule has 1 N–H and O–H groups in total. The molecule has 0 spiro atoms. The zero-order chi connectivity index (χ0) is 28.8. The van der Waals surface area contributed by atoms with Crippen molar-refractivity contribution < 1.29 is 19.0 Å². The molecule has 1 aromatic heterocycles. The Bertz CT molecular complexity index is 1690. The van der Waals surface area contributed by atoms with Gasteiger partial charge in [-0.25, -0.2) is 5.43 Å². The Morgan fingerprint density at radius 2 is 1.54 bits per heavy atom. The van der Waals surface area contributed by atoms with E-state index in [1.165, 1.54) is 11.8 Å². The number of benzene rings is 4. The normalized spacial score (nSPS) is 11.4. The number of thioether (sulfide) groups is 1. The lowest BCUT2D eigenvalue weighted by Gasteiger charge is -2.15. The number of ether oxygens (including phenoxy) is 3. The van der Waals surface area contributed by atoms with Gasteiger partial charge in [0.05, 0.1) is 32.8 Å². The van der Waals surface area contributed by atoms with Gasteiger partial charge in [0.2, 0.25) is 5.75 Å². The summed E-state index contributed by atoms with van der Waals surface area (Å²) in [6, 6.07) is 27.5. The van der Waals surface area contributed by atoms with Crippen LogP contribution >= 0.6 is 11.8 Å². The molecular formula is C31H29N5O4S. The summed E-state index contributed by atoms with van der Waals surface area (Å²) in [5, 5.41) is 16.0. The van der Waals surface area contributed by atoms with Gasteiger partial charge in [-0.15, -0.1) is 10.2 Å². The van der Waals surface area contributed by atoms with Crippen LogP contribution in [0.1, 0.15) is 12.5 Å². The number of hydrogen-bond donors (Lipinski definition) is 1. The van der Waals surface area contributed by atoms with Crippen molar-refractivity contribution in [2.45, 2.75) is 12.1 Å². The van der Waals surface area contributed by atoms with Gasteiger partial charge in [0.15, 0.2) is 22.5 Å². The van der Waals surface area contributed by atoms with Gasteiger partial charge in [0, 0.05) is 11.3 Å². The molecule has 9 nitrogen and oxygen atoms in total. The molecule has 208 valence electrons. The molecule has 0 atom stereocenters. The Kier molecular flexibility index (Phi) is 8.50. The van der Waals surface area contributed by atoms with Gasteiger partial charge < -0.3 is 14.2 Å². The monoisotopic (exact) mass is 567 g/mol. The Balaban J connectivity index is 1.38. The highest BCUT2D eigenvalue weighted by Crippen LogP contribution is 2.41. The van der Waals surface area contributed by atoms with Gasteiger partial charge in [-0.2, -0.15) is 5.10 Å². The highest BCUT2D eigenvalue weighted by Gasteiger charge is 2.21. The standard InChI is InChI=1S/C31H29N5O4S/c1-20(22-15-14-21-10-8-9-11-23(21)16-22)32-33-28(37)19-41-31-35-34-30(36(31)25-12-6-5-7-13-25)24-17-26(38-2)29(40-4)27(18-24)39-3/h5-18H,19H2,1-4H3,(H,33,37). The van der Waals surface area contributed by atoms with Gasteiger partial charge in [-0.1, -0.05) is 66.4 Å². The number of hydrogen-bond acceptors (Lipinski definition) is 8. The van der Waals surface area contributed by atoms with Crippen LogP contribution in [0.3, 0.4) is 0 Å². The summed E-state index contributed by atoms with van der Waals surface area (Å²) in [5.74, 6) is 1.87. The van der Waals surface area contributed by atoms with E-state index >= 15 is 0 Å². The highest BCUT2D eigenvalue weighted by atomic mass is 32.2. The number of methoxy groups -OCH3 is 3. The molecule has 5 rings (SSSR count). The minimum Gasteiger partial charge on any atom is -0.493 e. The molecule has 0 unspecified atom stereocenters. The number of aromatic nitrogens is 3. The first-order chi connectivity index (χ1) is 20.0. The Labute approximate surface area is 242 Å². The van der Waals surface area contributed by atoms with Crippen LogP contribution in [-0.2, 0) is 4.79 Å². The van der Waals surface area contributed by atoms with Crippen molar-refractivity contribution in [1.82, 2.24) is 20.2 Å². The zero-order valence-corrected chi connectivity index (χ0v) is 23.9. The van der Waals surface area contributed by atoms with Crippen molar-refractivity contribution in [3.05, 3.63) is 90.5 Å². The summed E-state index contributed by atoms with van der Waals surface area (Å²) in [6.07, 6.45) is 0. The van der Waals surface area contributed by atoms with Crippen molar-refractivity contribution in [3.8, 4) is 34.3 Å². The van der Waals surface area contributed by atoms with E-state index in [0.29, 0.717) is 39.5 Å². The minimum absolute atomic E-state index is 0.0920. The summed E-state index contributed by atoms with van der Waals surface area (Å²) in [7, 11) is 4.68. The smallest absolute Gasteiger partial charge is 0.250 e. The second-order valence-electron chi connectivity index (χ2n) is 8.97. The van der Waals surface area contributed by atoms with Crippen LogP contribution in [0.4, 0.5) is 0 Å². The predicted octanol–water partition coefficient (Wildman–Crippen LogP) is 5.75. The first-order valence-corrected chi connectivity index (χ1v) is 13.8. The van der Waals surface area contributed by atoms with Gasteiger partial charge in [0.1, 0.15) is 0 Å². The third kappa shape index (κ3) is 6.02. The van der Waals surface area contributed by atoms with Crippen LogP contribution in [0.25, 0.3) is 27.8 Å². The Morgan fingerprint density at radius 3 is 2.22 bits per heavy atom. The summed E-state index contributed by atoms with van der Waals surface area (Å²) >= 11 is 1.26. The second-order valence-corrected chi connectivity index (χ2v) is 9.92. The number of fused-ring (bicyclic) bond motifs is 1. The van der Waals surface area contributed by atoms with Crippen LogP contribution in [0.5, 0.6) is 17.2 Å². The van der Waals surface area contributed by atoms with Crippen molar-refractivity contribution in [1.29, 1.82) is 0 Å². The average molecular weight is 568 g/mol. The van der Waals surface area contributed by atoms with Crippen molar-refractivity contribution in [2.24, 2.45) is 5.10 Å². The fraction of sp³-hybridized carbons (Fsp3) is 0.161. The van der Waals surface area contributed by atoms with Crippen LogP contribution in [0.2, 0.25) is 0 Å². The third-order valence-corrected chi connectivity index (χ3v) is 7.35. The number of rotatable bonds is 10. The van der Waals surface area contributed by atoms with E-state index in [2.05, 4.69) is 38.9 Å². The molecule has 0 radical (unpaired) electrons. The van der Waals surface area contributed by atoms with Gasteiger partial charge >= 0.3 is 0 Å². The van der Waals surface area contributed by atoms with Crippen LogP contribution in [0.15, 0.2) is 95.2 Å². The molecule has 10 heteroatoms. The number of carbonyl (C=O) groups is 1. The molecule has 0 aliphatic carbocycles. The summed E-state index contributed by atoms with van der Waals surface area (Å²) < 4.78 is 18.4. The Hall–Kier alpha value is -4.83. The number of nitrogens with zero attached hydrogens (tertiary/aromatic N) is 4. The van der Waals surface area contributed by atoms with E-state index in [1.54, 1.807) is 21.3 Å². The summed E-state index contributed by atoms with van der Waals surface area (Å²) in [4.78, 5) is 12.8. The van der Waals surface area contributed by atoms with Crippen molar-refractivity contribution in [3.63, 3.8) is 0 Å². The lowest BCUT2D eigenvalue weighted by Crippen LogP contribution is -2.21. The molecule has 0 aliphatic heterocycles. The van der Waals surface area contributed by atoms with Gasteiger partial charge in [-0.3, -0.25) is 9.36 Å². The molecule has 1 heterocycles. The average Bonchev–Trinajstić information content (AvgIpc) is 3.46. The fourth-order valence-corrected chi connectivity index (χ4v) is 5.10. The number of nitrogens with one attached hydrogen (secondary N) is 1. The molecule has 0 bridgehead atoms. The molecule has 0 fully saturated rings. The van der Waals surface area contributed by atoms with E-state index in [1.807, 2.05) is 78.2 Å². The molecule has 5 aromatic rings. The lowest BCUT2D eigenvalue weighted by atomic mass is 10.0. The zero-order valence-electron chi connectivity index (χ0n) is 23.1. The van der Waals surface area contributed by atoms with Gasteiger partial charge in [-0.05, 0) is 53.6 Å². The van der Waals surface area contributed by atoms with Gasteiger partial charge in [0.25, 0.3) is 5.91 Å². The van der Waals surface area contributed by atoms with Crippen LogP contribution in [0, 0.1) is 0 Å². The Morgan fingerprint density at radius 1 is 0.854 bits per heavy atom. The molecule has 41 heavy (non-hydrogen) atoms. The van der Waals surface area contributed by atoms with Crippen molar-refractivity contribution in [2.75, 3.05) is 27.1 Å². The maximum Gasteiger partial charge on any atom is 0.250 e. The highest BCUT2D eigenvalue weighted by molar-refractivity contribution is 7.99. The van der Waals surface area contributed by atoms with E-state index in [4.69, 9.17) is 14.2 Å². The van der Waals surface area contributed by atoms with Crippen LogP contribution in [-0.4, -0.2) is 53.5 Å². The van der Waals surface area contributed by atoms with Crippen LogP contribution < -0.4 is 19.6 Å². The minimum atomic E-state index is -0.257. The predicted molar refractivity (Wildman–Crippen MR) is 161 cm³/mol. The first-order valence-electron chi connectivity index (χ1n) is 12.8. The molecular weight excluding hydrogens is 538 g/mol. The quantitative estimate of drug-likeness (QED) is 0.130. The largest absolute Gasteiger partial charge is 0.493 e. The first kappa shape index (κ1) is 27.7. The number of carbonyl (C=O) groups excluding carboxylic acids is 1.